The number of carboxylic acids is 1. The van der Waals surface area contributed by atoms with Crippen molar-refractivity contribution in [3.63, 3.8) is 0 Å². The van der Waals surface area contributed by atoms with Crippen LogP contribution < -0.4 is 4.74 Å². The molecule has 2 heterocycles. The third kappa shape index (κ3) is 2.72. The van der Waals surface area contributed by atoms with Crippen molar-refractivity contribution < 1.29 is 14.6 Å². The summed E-state index contributed by atoms with van der Waals surface area (Å²) in [6.07, 6.45) is 1.59. The minimum absolute atomic E-state index is 0.150. The SMILES string of the molecule is COc1ccn2c(CC(=O)O)c(-c3ccc(C#N)cc3)nc2c1. The number of benzene rings is 1. The minimum Gasteiger partial charge on any atom is -0.497 e. The zero-order valence-corrected chi connectivity index (χ0v) is 12.4. The van der Waals surface area contributed by atoms with Crippen LogP contribution in [0.5, 0.6) is 5.75 Å². The fourth-order valence-corrected chi connectivity index (χ4v) is 2.45. The lowest BCUT2D eigenvalue weighted by atomic mass is 10.1. The highest BCUT2D eigenvalue weighted by molar-refractivity contribution is 5.76. The number of carbonyl (C=O) groups is 1. The van der Waals surface area contributed by atoms with E-state index >= 15 is 0 Å². The van der Waals surface area contributed by atoms with Crippen LogP contribution in [-0.4, -0.2) is 27.6 Å². The summed E-state index contributed by atoms with van der Waals surface area (Å²) in [6, 6.07) is 12.5. The molecule has 1 N–H and O–H groups in total. The van der Waals surface area contributed by atoms with Crippen LogP contribution in [0.3, 0.4) is 0 Å². The van der Waals surface area contributed by atoms with Crippen LogP contribution in [0.25, 0.3) is 16.9 Å². The van der Waals surface area contributed by atoms with Crippen LogP contribution in [0.1, 0.15) is 11.3 Å². The Kier molecular flexibility index (Phi) is 3.69. The maximum Gasteiger partial charge on any atom is 0.309 e. The molecule has 0 aliphatic heterocycles. The van der Waals surface area contributed by atoms with Crippen molar-refractivity contribution in [3.8, 4) is 23.1 Å². The molecule has 2 aromatic heterocycles. The van der Waals surface area contributed by atoms with Gasteiger partial charge in [-0.25, -0.2) is 4.98 Å². The van der Waals surface area contributed by atoms with Gasteiger partial charge in [-0.15, -0.1) is 0 Å². The van der Waals surface area contributed by atoms with Crippen molar-refractivity contribution in [3.05, 3.63) is 53.9 Å². The number of hydrogen-bond donors (Lipinski definition) is 1. The first-order valence-corrected chi connectivity index (χ1v) is 6.89. The van der Waals surface area contributed by atoms with Gasteiger partial charge in [0.25, 0.3) is 0 Å². The summed E-state index contributed by atoms with van der Waals surface area (Å²) in [7, 11) is 1.56. The molecule has 6 nitrogen and oxygen atoms in total. The summed E-state index contributed by atoms with van der Waals surface area (Å²) in [5.41, 5.74) is 3.09. The van der Waals surface area contributed by atoms with Crippen molar-refractivity contribution in [2.24, 2.45) is 0 Å². The van der Waals surface area contributed by atoms with E-state index in [0.29, 0.717) is 28.3 Å². The van der Waals surface area contributed by atoms with E-state index in [4.69, 9.17) is 10.00 Å². The molecule has 3 rings (SSSR count). The van der Waals surface area contributed by atoms with E-state index in [0.717, 1.165) is 5.56 Å². The number of pyridine rings is 1. The van der Waals surface area contributed by atoms with Gasteiger partial charge >= 0.3 is 5.97 Å². The van der Waals surface area contributed by atoms with Gasteiger partial charge in [-0.3, -0.25) is 4.79 Å². The molecule has 0 atom stereocenters. The Balaban J connectivity index is 2.20. The van der Waals surface area contributed by atoms with Gasteiger partial charge in [-0.05, 0) is 18.2 Å². The highest BCUT2D eigenvalue weighted by Gasteiger charge is 2.17. The van der Waals surface area contributed by atoms with Crippen LogP contribution >= 0.6 is 0 Å². The van der Waals surface area contributed by atoms with E-state index in [1.165, 1.54) is 0 Å². The second kappa shape index (κ2) is 5.81. The van der Waals surface area contributed by atoms with Crippen LogP contribution in [0, 0.1) is 11.3 Å². The minimum atomic E-state index is -0.933. The largest absolute Gasteiger partial charge is 0.497 e. The zero-order valence-electron chi connectivity index (χ0n) is 12.4. The molecule has 3 aromatic rings. The number of methoxy groups -OCH3 is 1. The Hall–Kier alpha value is -3.33. The fraction of sp³-hybridized carbons (Fsp3) is 0.118. The topological polar surface area (TPSA) is 87.6 Å². The molecule has 0 aliphatic carbocycles. The molecule has 0 radical (unpaired) electrons. The van der Waals surface area contributed by atoms with Gasteiger partial charge in [0.2, 0.25) is 0 Å². The molecule has 0 bridgehead atoms. The first kappa shape index (κ1) is 14.6. The molecular weight excluding hydrogens is 294 g/mol. The van der Waals surface area contributed by atoms with E-state index in [9.17, 15) is 9.90 Å². The monoisotopic (exact) mass is 307 g/mol. The van der Waals surface area contributed by atoms with Gasteiger partial charge < -0.3 is 14.2 Å². The average Bonchev–Trinajstić information content (AvgIpc) is 2.92. The number of ether oxygens (including phenoxy) is 1. The number of aromatic nitrogens is 2. The lowest BCUT2D eigenvalue weighted by Gasteiger charge is -2.04. The van der Waals surface area contributed by atoms with E-state index in [-0.39, 0.29) is 6.42 Å². The Bertz CT molecular complexity index is 921. The maximum atomic E-state index is 11.2. The van der Waals surface area contributed by atoms with Gasteiger partial charge in [0.05, 0.1) is 36.6 Å². The first-order valence-electron chi connectivity index (χ1n) is 6.89. The number of hydrogen-bond acceptors (Lipinski definition) is 4. The molecule has 0 amide bonds. The Morgan fingerprint density at radius 3 is 2.70 bits per heavy atom. The summed E-state index contributed by atoms with van der Waals surface area (Å²) < 4.78 is 6.92. The average molecular weight is 307 g/mol. The van der Waals surface area contributed by atoms with Crippen LogP contribution in [0.4, 0.5) is 0 Å². The summed E-state index contributed by atoms with van der Waals surface area (Å²) in [4.78, 5) is 15.7. The maximum absolute atomic E-state index is 11.2. The predicted octanol–water partition coefficient (Wildman–Crippen LogP) is 2.51. The lowest BCUT2D eigenvalue weighted by Crippen LogP contribution is -2.04. The summed E-state index contributed by atoms with van der Waals surface area (Å²) in [5, 5.41) is 18.1. The van der Waals surface area contributed by atoms with E-state index in [1.807, 2.05) is 0 Å². The van der Waals surface area contributed by atoms with Gasteiger partial charge in [-0.1, -0.05) is 12.1 Å². The summed E-state index contributed by atoms with van der Waals surface area (Å²) in [6.45, 7) is 0. The molecule has 0 spiro atoms. The van der Waals surface area contributed by atoms with Crippen molar-refractivity contribution >= 4 is 11.6 Å². The number of nitriles is 1. The Morgan fingerprint density at radius 2 is 2.09 bits per heavy atom. The number of carboxylic acid groups (broad SMARTS) is 1. The molecule has 6 heteroatoms. The summed E-state index contributed by atoms with van der Waals surface area (Å²) >= 11 is 0. The highest BCUT2D eigenvalue weighted by Crippen LogP contribution is 2.27. The van der Waals surface area contributed by atoms with Gasteiger partial charge in [0.1, 0.15) is 11.4 Å². The zero-order chi connectivity index (χ0) is 16.4. The molecule has 0 saturated carbocycles. The van der Waals surface area contributed by atoms with E-state index in [2.05, 4.69) is 11.1 Å². The first-order chi connectivity index (χ1) is 11.1. The number of imidazole rings is 1. The van der Waals surface area contributed by atoms with E-state index < -0.39 is 5.97 Å². The van der Waals surface area contributed by atoms with Crippen molar-refractivity contribution in [1.29, 1.82) is 5.26 Å². The molecular formula is C17H13N3O3. The fourth-order valence-electron chi connectivity index (χ4n) is 2.45. The standard InChI is InChI=1S/C17H13N3O3/c1-23-13-6-7-20-14(9-16(21)22)17(19-15(20)8-13)12-4-2-11(10-18)3-5-12/h2-8H,9H2,1H3,(H,21,22). The molecule has 1 aromatic carbocycles. The third-order valence-corrected chi connectivity index (χ3v) is 3.54. The lowest BCUT2D eigenvalue weighted by molar-refractivity contribution is -0.136. The van der Waals surface area contributed by atoms with E-state index in [1.54, 1.807) is 54.1 Å². The second-order valence-electron chi connectivity index (χ2n) is 4.96. The van der Waals surface area contributed by atoms with Gasteiger partial charge in [0, 0.05) is 17.8 Å². The molecule has 114 valence electrons. The Morgan fingerprint density at radius 1 is 1.35 bits per heavy atom. The number of rotatable bonds is 4. The van der Waals surface area contributed by atoms with Crippen LogP contribution in [0.2, 0.25) is 0 Å². The normalized spacial score (nSPS) is 10.4. The van der Waals surface area contributed by atoms with Gasteiger partial charge in [-0.2, -0.15) is 5.26 Å². The van der Waals surface area contributed by atoms with Crippen LogP contribution in [-0.2, 0) is 11.2 Å². The number of fused-ring (bicyclic) bond motifs is 1. The second-order valence-corrected chi connectivity index (χ2v) is 4.96. The van der Waals surface area contributed by atoms with Gasteiger partial charge in [0.15, 0.2) is 0 Å². The molecule has 0 saturated heterocycles. The van der Waals surface area contributed by atoms with Crippen molar-refractivity contribution in [2.45, 2.75) is 6.42 Å². The van der Waals surface area contributed by atoms with Crippen molar-refractivity contribution in [2.75, 3.05) is 7.11 Å². The molecule has 0 aliphatic rings. The van der Waals surface area contributed by atoms with Crippen molar-refractivity contribution in [1.82, 2.24) is 9.38 Å². The quantitative estimate of drug-likeness (QED) is 0.800. The van der Waals surface area contributed by atoms with Crippen LogP contribution in [0.15, 0.2) is 42.6 Å². The smallest absolute Gasteiger partial charge is 0.309 e. The molecule has 0 unspecified atom stereocenters. The Labute approximate surface area is 132 Å². The number of nitrogens with zero attached hydrogens (tertiary/aromatic N) is 3. The summed E-state index contributed by atoms with van der Waals surface area (Å²) in [5.74, 6) is -0.284. The third-order valence-electron chi connectivity index (χ3n) is 3.54. The highest BCUT2D eigenvalue weighted by atomic mass is 16.5. The molecule has 0 fully saturated rings. The predicted molar refractivity (Wildman–Crippen MR) is 83.2 cm³/mol. The number of aliphatic carboxylic acids is 1. The molecule has 23 heavy (non-hydrogen) atoms.